The van der Waals surface area contributed by atoms with Gasteiger partial charge in [-0.2, -0.15) is 0 Å². The van der Waals surface area contributed by atoms with Crippen LogP contribution in [0.2, 0.25) is 0 Å². The second-order valence-electron chi connectivity index (χ2n) is 5.67. The summed E-state index contributed by atoms with van der Waals surface area (Å²) >= 11 is 0. The van der Waals surface area contributed by atoms with Crippen molar-refractivity contribution in [3.05, 3.63) is 81.3 Å². The normalized spacial score (nSPS) is 11.3. The molecule has 0 fully saturated rings. The first-order valence-electron chi connectivity index (χ1n) is 7.54. The van der Waals surface area contributed by atoms with Crippen LogP contribution < -0.4 is 5.56 Å². The third-order valence-electron chi connectivity index (χ3n) is 3.86. The molecule has 0 aliphatic heterocycles. The summed E-state index contributed by atoms with van der Waals surface area (Å²) < 4.78 is 1.55. The molecule has 0 aliphatic rings. The maximum absolute atomic E-state index is 12.6. The number of hydrogen-bond donors (Lipinski definition) is 1. The van der Waals surface area contributed by atoms with Crippen LogP contribution in [0.5, 0.6) is 0 Å². The number of para-hydroxylation sites is 1. The van der Waals surface area contributed by atoms with Crippen molar-refractivity contribution < 1.29 is 0 Å². The van der Waals surface area contributed by atoms with Gasteiger partial charge in [-0.05, 0) is 44.5 Å². The number of aryl methyl sites for hydroxylation is 3. The number of rotatable bonds is 3. The van der Waals surface area contributed by atoms with E-state index in [9.17, 15) is 4.79 Å². The number of benzene rings is 2. The first-order chi connectivity index (χ1) is 11.1. The first-order valence-corrected chi connectivity index (χ1v) is 7.54. The smallest absolute Gasteiger partial charge is 0.280 e. The Balaban J connectivity index is 2.00. The molecular formula is C19H19N3O. The molecule has 0 atom stereocenters. The second-order valence-corrected chi connectivity index (χ2v) is 5.67. The minimum atomic E-state index is -0.0938. The molecule has 0 radical (unpaired) electrons. The Hall–Kier alpha value is -2.88. The van der Waals surface area contributed by atoms with E-state index >= 15 is 0 Å². The van der Waals surface area contributed by atoms with Gasteiger partial charge in [0.1, 0.15) is 0 Å². The Morgan fingerprint density at radius 1 is 1.00 bits per heavy atom. The van der Waals surface area contributed by atoms with Crippen LogP contribution >= 0.6 is 0 Å². The van der Waals surface area contributed by atoms with Crippen LogP contribution in [0.15, 0.2) is 58.3 Å². The lowest BCUT2D eigenvalue weighted by atomic mass is 10.2. The van der Waals surface area contributed by atoms with Crippen LogP contribution in [-0.4, -0.2) is 16.0 Å². The van der Waals surface area contributed by atoms with E-state index in [1.165, 1.54) is 0 Å². The zero-order valence-electron chi connectivity index (χ0n) is 13.5. The van der Waals surface area contributed by atoms with Gasteiger partial charge in [-0.15, -0.1) is 0 Å². The lowest BCUT2D eigenvalue weighted by Crippen LogP contribution is -2.17. The zero-order valence-corrected chi connectivity index (χ0v) is 13.5. The third kappa shape index (κ3) is 3.01. The van der Waals surface area contributed by atoms with E-state index < -0.39 is 0 Å². The molecule has 0 saturated heterocycles. The van der Waals surface area contributed by atoms with Crippen molar-refractivity contribution in [2.45, 2.75) is 20.8 Å². The van der Waals surface area contributed by atoms with E-state index in [0.29, 0.717) is 5.56 Å². The summed E-state index contributed by atoms with van der Waals surface area (Å²) in [6.07, 6.45) is 1.64. The molecule has 3 rings (SSSR count). The predicted molar refractivity (Wildman–Crippen MR) is 94.3 cm³/mol. The molecule has 0 saturated carbocycles. The third-order valence-corrected chi connectivity index (χ3v) is 3.86. The van der Waals surface area contributed by atoms with E-state index in [-0.39, 0.29) is 5.56 Å². The first kappa shape index (κ1) is 15.0. The van der Waals surface area contributed by atoms with Gasteiger partial charge in [0, 0.05) is 11.9 Å². The average molecular weight is 305 g/mol. The minimum Gasteiger partial charge on any atom is -0.295 e. The largest absolute Gasteiger partial charge is 0.295 e. The van der Waals surface area contributed by atoms with E-state index in [1.807, 2.05) is 69.3 Å². The molecule has 23 heavy (non-hydrogen) atoms. The highest BCUT2D eigenvalue weighted by molar-refractivity contribution is 5.83. The van der Waals surface area contributed by atoms with E-state index in [1.54, 1.807) is 10.9 Å². The molecule has 0 amide bonds. The van der Waals surface area contributed by atoms with Gasteiger partial charge in [0.25, 0.3) is 5.56 Å². The molecule has 116 valence electrons. The number of aliphatic imine (C=N–C) groups is 1. The number of H-pyrrole nitrogens is 1. The molecule has 1 heterocycles. The molecule has 2 aromatic carbocycles. The highest BCUT2D eigenvalue weighted by atomic mass is 16.1. The maximum atomic E-state index is 12.6. The van der Waals surface area contributed by atoms with Crippen molar-refractivity contribution in [3.8, 4) is 5.69 Å². The number of nitrogens with one attached hydrogen (secondary N) is 1. The standard InChI is InChI=1S/C19H19N3O/c1-13-8-10-16(11-9-13)22-19(23)17(15(3)21-22)12-20-18-7-5-4-6-14(18)2/h4-12,21H,1-3H3. The zero-order chi connectivity index (χ0) is 16.4. The van der Waals surface area contributed by atoms with E-state index in [4.69, 9.17) is 0 Å². The molecule has 1 N–H and O–H groups in total. The van der Waals surface area contributed by atoms with Crippen molar-refractivity contribution in [1.82, 2.24) is 9.78 Å². The SMILES string of the molecule is Cc1ccc(-n2[nH]c(C)c(C=Nc3ccccc3C)c2=O)cc1. The van der Waals surface area contributed by atoms with Gasteiger partial charge >= 0.3 is 0 Å². The maximum Gasteiger partial charge on any atom is 0.280 e. The lowest BCUT2D eigenvalue weighted by molar-refractivity contribution is 0.835. The van der Waals surface area contributed by atoms with E-state index in [2.05, 4.69) is 10.1 Å². The number of aromatic nitrogens is 2. The molecule has 0 bridgehead atoms. The minimum absolute atomic E-state index is 0.0938. The Morgan fingerprint density at radius 2 is 1.70 bits per heavy atom. The average Bonchev–Trinajstić information content (AvgIpc) is 2.82. The molecule has 3 aromatic rings. The van der Waals surface area contributed by atoms with Crippen LogP contribution in [0.3, 0.4) is 0 Å². The highest BCUT2D eigenvalue weighted by Crippen LogP contribution is 2.17. The molecule has 0 unspecified atom stereocenters. The van der Waals surface area contributed by atoms with Gasteiger partial charge in [-0.1, -0.05) is 35.9 Å². The van der Waals surface area contributed by atoms with Gasteiger partial charge in [-0.25, -0.2) is 4.68 Å². The molecular weight excluding hydrogens is 286 g/mol. The van der Waals surface area contributed by atoms with Crippen molar-refractivity contribution >= 4 is 11.9 Å². The Kier molecular flexibility index (Phi) is 3.98. The summed E-state index contributed by atoms with van der Waals surface area (Å²) in [6.45, 7) is 5.90. The van der Waals surface area contributed by atoms with Crippen molar-refractivity contribution in [2.24, 2.45) is 4.99 Å². The van der Waals surface area contributed by atoms with Crippen molar-refractivity contribution in [2.75, 3.05) is 0 Å². The van der Waals surface area contributed by atoms with Crippen LogP contribution in [-0.2, 0) is 0 Å². The summed E-state index contributed by atoms with van der Waals surface area (Å²) in [4.78, 5) is 17.1. The fourth-order valence-electron chi connectivity index (χ4n) is 2.43. The second kappa shape index (κ2) is 6.08. The quantitative estimate of drug-likeness (QED) is 0.734. The van der Waals surface area contributed by atoms with Crippen molar-refractivity contribution in [3.63, 3.8) is 0 Å². The predicted octanol–water partition coefficient (Wildman–Crippen LogP) is 3.84. The highest BCUT2D eigenvalue weighted by Gasteiger charge is 2.10. The fraction of sp³-hybridized carbons (Fsp3) is 0.158. The van der Waals surface area contributed by atoms with Gasteiger partial charge in [0.2, 0.25) is 0 Å². The Bertz CT molecular complexity index is 915. The van der Waals surface area contributed by atoms with Gasteiger partial charge in [0.15, 0.2) is 0 Å². The summed E-state index contributed by atoms with van der Waals surface area (Å²) in [7, 11) is 0. The monoisotopic (exact) mass is 305 g/mol. The van der Waals surface area contributed by atoms with Crippen LogP contribution in [0, 0.1) is 20.8 Å². The topological polar surface area (TPSA) is 50.1 Å². The molecule has 0 aliphatic carbocycles. The van der Waals surface area contributed by atoms with Gasteiger partial charge < -0.3 is 0 Å². The van der Waals surface area contributed by atoms with Gasteiger partial charge in [-0.3, -0.25) is 14.9 Å². The summed E-state index contributed by atoms with van der Waals surface area (Å²) in [5.74, 6) is 0. The van der Waals surface area contributed by atoms with Crippen molar-refractivity contribution in [1.29, 1.82) is 0 Å². The Morgan fingerprint density at radius 3 is 2.39 bits per heavy atom. The van der Waals surface area contributed by atoms with Crippen LogP contribution in [0.25, 0.3) is 5.69 Å². The van der Waals surface area contributed by atoms with Crippen LogP contribution in [0.1, 0.15) is 22.4 Å². The van der Waals surface area contributed by atoms with E-state index in [0.717, 1.165) is 28.2 Å². The summed E-state index contributed by atoms with van der Waals surface area (Å²) in [6, 6.07) is 15.7. The lowest BCUT2D eigenvalue weighted by Gasteiger charge is -2.01. The fourth-order valence-corrected chi connectivity index (χ4v) is 2.43. The number of hydrogen-bond acceptors (Lipinski definition) is 2. The van der Waals surface area contributed by atoms with Crippen LogP contribution in [0.4, 0.5) is 5.69 Å². The number of aromatic amines is 1. The molecule has 4 heteroatoms. The number of nitrogens with zero attached hydrogens (tertiary/aromatic N) is 2. The molecule has 4 nitrogen and oxygen atoms in total. The summed E-state index contributed by atoms with van der Waals surface area (Å²) in [5, 5.41) is 3.11. The molecule has 0 spiro atoms. The van der Waals surface area contributed by atoms with Gasteiger partial charge in [0.05, 0.1) is 16.9 Å². The molecule has 1 aromatic heterocycles. The summed E-state index contributed by atoms with van der Waals surface area (Å²) in [5.41, 5.74) is 5.21. The Labute approximate surface area is 135 Å².